The van der Waals surface area contributed by atoms with Crippen molar-refractivity contribution in [3.05, 3.63) is 0 Å². The standard InChI is InChI=1S/C17H34O2/c1-4-6-7-8-9-10-11-12-13-14-16(5-2)15-17(18)19-3/h16H,4-15H2,1-3H3. The molecule has 0 amide bonds. The molecular formula is C17H34O2. The van der Waals surface area contributed by atoms with Gasteiger partial charge in [0, 0.05) is 6.42 Å². The Kier molecular flexibility index (Phi) is 13.5. The molecule has 0 aromatic carbocycles. The smallest absolute Gasteiger partial charge is 0.305 e. The summed E-state index contributed by atoms with van der Waals surface area (Å²) in [7, 11) is 1.48. The molecule has 0 aliphatic carbocycles. The zero-order valence-electron chi connectivity index (χ0n) is 13.4. The molecule has 0 aliphatic rings. The van der Waals surface area contributed by atoms with Gasteiger partial charge in [-0.3, -0.25) is 4.79 Å². The maximum absolute atomic E-state index is 11.2. The molecule has 0 aromatic heterocycles. The quantitative estimate of drug-likeness (QED) is 0.326. The molecule has 2 nitrogen and oxygen atoms in total. The number of rotatable bonds is 13. The summed E-state index contributed by atoms with van der Waals surface area (Å²) in [6.07, 6.45) is 15.2. The Bertz CT molecular complexity index is 201. The maximum Gasteiger partial charge on any atom is 0.305 e. The van der Waals surface area contributed by atoms with Crippen LogP contribution in [0.5, 0.6) is 0 Å². The molecule has 0 aromatic rings. The van der Waals surface area contributed by atoms with Gasteiger partial charge in [-0.25, -0.2) is 0 Å². The first kappa shape index (κ1) is 18.5. The van der Waals surface area contributed by atoms with Crippen molar-refractivity contribution >= 4 is 5.97 Å². The van der Waals surface area contributed by atoms with Gasteiger partial charge in [-0.15, -0.1) is 0 Å². The molecular weight excluding hydrogens is 236 g/mol. The van der Waals surface area contributed by atoms with Gasteiger partial charge in [-0.1, -0.05) is 78.1 Å². The van der Waals surface area contributed by atoms with Crippen molar-refractivity contribution in [3.63, 3.8) is 0 Å². The van der Waals surface area contributed by atoms with Gasteiger partial charge in [0.15, 0.2) is 0 Å². The minimum Gasteiger partial charge on any atom is -0.469 e. The van der Waals surface area contributed by atoms with Crippen molar-refractivity contribution in [1.82, 2.24) is 0 Å². The van der Waals surface area contributed by atoms with E-state index in [1.807, 2.05) is 0 Å². The fraction of sp³-hybridized carbons (Fsp3) is 0.941. The van der Waals surface area contributed by atoms with Crippen LogP contribution in [0, 0.1) is 5.92 Å². The number of carbonyl (C=O) groups excluding carboxylic acids is 1. The summed E-state index contributed by atoms with van der Waals surface area (Å²) >= 11 is 0. The van der Waals surface area contributed by atoms with E-state index in [-0.39, 0.29) is 5.97 Å². The topological polar surface area (TPSA) is 26.3 Å². The van der Waals surface area contributed by atoms with Gasteiger partial charge in [0.25, 0.3) is 0 Å². The Morgan fingerprint density at radius 2 is 1.42 bits per heavy atom. The Balaban J connectivity index is 3.33. The van der Waals surface area contributed by atoms with Crippen molar-refractivity contribution in [1.29, 1.82) is 0 Å². The van der Waals surface area contributed by atoms with E-state index in [0.29, 0.717) is 12.3 Å². The van der Waals surface area contributed by atoms with Gasteiger partial charge in [0.2, 0.25) is 0 Å². The van der Waals surface area contributed by atoms with Crippen LogP contribution in [0.2, 0.25) is 0 Å². The number of esters is 1. The first-order chi connectivity index (χ1) is 9.24. The summed E-state index contributed by atoms with van der Waals surface area (Å²) in [4.78, 5) is 11.2. The monoisotopic (exact) mass is 270 g/mol. The van der Waals surface area contributed by atoms with Crippen LogP contribution in [0.1, 0.15) is 90.9 Å². The summed E-state index contributed by atoms with van der Waals surface area (Å²) in [5, 5.41) is 0. The predicted octanol–water partition coefficient (Wildman–Crippen LogP) is 5.50. The number of carbonyl (C=O) groups is 1. The van der Waals surface area contributed by atoms with Crippen LogP contribution < -0.4 is 0 Å². The molecule has 0 saturated carbocycles. The lowest BCUT2D eigenvalue weighted by Gasteiger charge is -2.12. The van der Waals surface area contributed by atoms with Gasteiger partial charge >= 0.3 is 5.97 Å². The molecule has 2 heteroatoms. The van der Waals surface area contributed by atoms with Crippen molar-refractivity contribution in [2.45, 2.75) is 90.9 Å². The van der Waals surface area contributed by atoms with E-state index in [4.69, 9.17) is 4.74 Å². The molecule has 19 heavy (non-hydrogen) atoms. The molecule has 0 bridgehead atoms. The molecule has 0 fully saturated rings. The van der Waals surface area contributed by atoms with Gasteiger partial charge < -0.3 is 4.74 Å². The van der Waals surface area contributed by atoms with E-state index < -0.39 is 0 Å². The van der Waals surface area contributed by atoms with E-state index >= 15 is 0 Å². The Labute approximate surface area is 120 Å². The number of hydrogen-bond acceptors (Lipinski definition) is 2. The molecule has 0 heterocycles. The van der Waals surface area contributed by atoms with E-state index in [9.17, 15) is 4.79 Å². The second-order valence-electron chi connectivity index (χ2n) is 5.67. The van der Waals surface area contributed by atoms with Crippen LogP contribution in [-0.2, 0) is 9.53 Å². The fourth-order valence-corrected chi connectivity index (χ4v) is 2.51. The van der Waals surface area contributed by atoms with Crippen LogP contribution in [0.15, 0.2) is 0 Å². The molecule has 114 valence electrons. The number of methoxy groups -OCH3 is 1. The summed E-state index contributed by atoms with van der Waals surface area (Å²) in [5.41, 5.74) is 0. The summed E-state index contributed by atoms with van der Waals surface area (Å²) in [5.74, 6) is 0.472. The third-order valence-corrected chi connectivity index (χ3v) is 3.98. The molecule has 1 atom stereocenters. The van der Waals surface area contributed by atoms with Crippen LogP contribution in [0.4, 0.5) is 0 Å². The van der Waals surface area contributed by atoms with E-state index in [1.54, 1.807) is 0 Å². The summed E-state index contributed by atoms with van der Waals surface area (Å²) in [6, 6.07) is 0. The third kappa shape index (κ3) is 12.3. The molecule has 1 unspecified atom stereocenters. The Morgan fingerprint density at radius 3 is 1.89 bits per heavy atom. The summed E-state index contributed by atoms with van der Waals surface area (Å²) in [6.45, 7) is 4.43. The highest BCUT2D eigenvalue weighted by Crippen LogP contribution is 2.19. The number of hydrogen-bond donors (Lipinski definition) is 0. The van der Waals surface area contributed by atoms with Crippen molar-refractivity contribution < 1.29 is 9.53 Å². The van der Waals surface area contributed by atoms with Gasteiger partial charge in [0.1, 0.15) is 0 Å². The normalized spacial score (nSPS) is 12.4. The first-order valence-corrected chi connectivity index (χ1v) is 8.31. The lowest BCUT2D eigenvalue weighted by molar-refractivity contribution is -0.141. The first-order valence-electron chi connectivity index (χ1n) is 8.31. The molecule has 0 aliphatic heterocycles. The lowest BCUT2D eigenvalue weighted by Crippen LogP contribution is -2.09. The second kappa shape index (κ2) is 13.9. The van der Waals surface area contributed by atoms with Crippen molar-refractivity contribution in [3.8, 4) is 0 Å². The highest BCUT2D eigenvalue weighted by molar-refractivity contribution is 5.69. The highest BCUT2D eigenvalue weighted by Gasteiger charge is 2.11. The van der Waals surface area contributed by atoms with Crippen molar-refractivity contribution in [2.24, 2.45) is 5.92 Å². The van der Waals surface area contributed by atoms with Gasteiger partial charge in [-0.2, -0.15) is 0 Å². The van der Waals surface area contributed by atoms with Crippen LogP contribution in [0.3, 0.4) is 0 Å². The van der Waals surface area contributed by atoms with E-state index in [0.717, 1.165) is 6.42 Å². The number of unbranched alkanes of at least 4 members (excludes halogenated alkanes) is 8. The van der Waals surface area contributed by atoms with E-state index in [1.165, 1.54) is 71.3 Å². The fourth-order valence-electron chi connectivity index (χ4n) is 2.51. The van der Waals surface area contributed by atoms with E-state index in [2.05, 4.69) is 13.8 Å². The average Bonchev–Trinajstić information content (AvgIpc) is 2.43. The third-order valence-electron chi connectivity index (χ3n) is 3.98. The van der Waals surface area contributed by atoms with Gasteiger partial charge in [0.05, 0.1) is 7.11 Å². The molecule has 0 spiro atoms. The molecule has 0 N–H and O–H groups in total. The zero-order valence-corrected chi connectivity index (χ0v) is 13.4. The highest BCUT2D eigenvalue weighted by atomic mass is 16.5. The molecule has 0 radical (unpaired) electrons. The zero-order chi connectivity index (χ0) is 14.3. The second-order valence-corrected chi connectivity index (χ2v) is 5.67. The lowest BCUT2D eigenvalue weighted by atomic mass is 9.95. The Hall–Kier alpha value is -0.530. The largest absolute Gasteiger partial charge is 0.469 e. The summed E-state index contributed by atoms with van der Waals surface area (Å²) < 4.78 is 4.74. The maximum atomic E-state index is 11.2. The predicted molar refractivity (Wildman–Crippen MR) is 82.3 cm³/mol. The number of ether oxygens (including phenoxy) is 1. The van der Waals surface area contributed by atoms with Crippen LogP contribution in [-0.4, -0.2) is 13.1 Å². The van der Waals surface area contributed by atoms with Crippen LogP contribution in [0.25, 0.3) is 0 Å². The van der Waals surface area contributed by atoms with Gasteiger partial charge in [-0.05, 0) is 12.3 Å². The molecule has 0 rings (SSSR count). The minimum absolute atomic E-state index is 0.0530. The molecule has 0 saturated heterocycles. The average molecular weight is 270 g/mol. The SMILES string of the molecule is CCCCCCCCCCCC(CC)CC(=O)OC. The minimum atomic E-state index is -0.0530. The Morgan fingerprint density at radius 1 is 0.895 bits per heavy atom. The van der Waals surface area contributed by atoms with Crippen molar-refractivity contribution in [2.75, 3.05) is 7.11 Å². The van der Waals surface area contributed by atoms with Crippen LogP contribution >= 0.6 is 0 Å².